The highest BCUT2D eigenvalue weighted by Gasteiger charge is 2.47. The highest BCUT2D eigenvalue weighted by atomic mass is 32.1. The van der Waals surface area contributed by atoms with Crippen molar-refractivity contribution in [1.29, 1.82) is 0 Å². The standard InChI is InChI=1S/C25H26N4O3S/c1-18-8-10-19(11-9-18)15-26-23(31)17-28(16-20-6-5-13-33-20)24(32)25(2)14-22(30)27-21-7-3-4-12-29(21)25/h3-13H,14-17H2,1-2H3,(H,26,31)/t25-/m1/s1. The summed E-state index contributed by atoms with van der Waals surface area (Å²) in [7, 11) is 0. The first-order valence-electron chi connectivity index (χ1n) is 10.7. The van der Waals surface area contributed by atoms with Crippen molar-refractivity contribution in [3.8, 4) is 0 Å². The maximum Gasteiger partial charge on any atom is 0.250 e. The predicted molar refractivity (Wildman–Crippen MR) is 128 cm³/mol. The van der Waals surface area contributed by atoms with Gasteiger partial charge in [0, 0.05) is 17.6 Å². The number of benzene rings is 1. The van der Waals surface area contributed by atoms with Gasteiger partial charge in [-0.2, -0.15) is 4.99 Å². The molecule has 1 aromatic heterocycles. The third-order valence-corrected chi connectivity index (χ3v) is 6.59. The third kappa shape index (κ3) is 5.12. The Morgan fingerprint density at radius 3 is 2.73 bits per heavy atom. The number of thiophene rings is 1. The molecule has 2 aliphatic heterocycles. The molecule has 0 unspecified atom stereocenters. The summed E-state index contributed by atoms with van der Waals surface area (Å²) < 4.78 is 0. The van der Waals surface area contributed by atoms with Crippen LogP contribution in [0.5, 0.6) is 0 Å². The summed E-state index contributed by atoms with van der Waals surface area (Å²) in [5.74, 6) is -0.460. The second-order valence-electron chi connectivity index (χ2n) is 8.39. The van der Waals surface area contributed by atoms with Crippen LogP contribution in [0, 0.1) is 6.92 Å². The van der Waals surface area contributed by atoms with Crippen molar-refractivity contribution in [2.75, 3.05) is 6.54 Å². The van der Waals surface area contributed by atoms with Gasteiger partial charge in [0.25, 0.3) is 5.91 Å². The van der Waals surface area contributed by atoms with E-state index in [0.29, 0.717) is 12.4 Å². The molecule has 0 fully saturated rings. The lowest BCUT2D eigenvalue weighted by molar-refractivity contribution is -0.146. The minimum Gasteiger partial charge on any atom is -0.350 e. The Kier molecular flexibility index (Phi) is 6.55. The van der Waals surface area contributed by atoms with Gasteiger partial charge in [-0.3, -0.25) is 14.4 Å². The fourth-order valence-electron chi connectivity index (χ4n) is 3.93. The molecule has 1 atom stereocenters. The van der Waals surface area contributed by atoms with Gasteiger partial charge in [-0.05, 0) is 43.0 Å². The molecule has 3 amide bonds. The van der Waals surface area contributed by atoms with Gasteiger partial charge in [0.1, 0.15) is 11.4 Å². The van der Waals surface area contributed by atoms with Gasteiger partial charge >= 0.3 is 0 Å². The Morgan fingerprint density at radius 2 is 2.00 bits per heavy atom. The van der Waals surface area contributed by atoms with E-state index in [1.807, 2.05) is 48.7 Å². The van der Waals surface area contributed by atoms with Crippen LogP contribution in [0.3, 0.4) is 0 Å². The molecule has 0 aliphatic carbocycles. The Bertz CT molecular complexity index is 1130. The van der Waals surface area contributed by atoms with Crippen LogP contribution in [0.2, 0.25) is 0 Å². The molecule has 0 bridgehead atoms. The molecule has 0 spiro atoms. The van der Waals surface area contributed by atoms with E-state index < -0.39 is 5.54 Å². The predicted octanol–water partition coefficient (Wildman–Crippen LogP) is 3.17. The molecule has 0 saturated carbocycles. The molecule has 3 heterocycles. The molecule has 1 aromatic carbocycles. The minimum atomic E-state index is -1.16. The van der Waals surface area contributed by atoms with Gasteiger partial charge in [0.15, 0.2) is 0 Å². The zero-order chi connectivity index (χ0) is 23.4. The summed E-state index contributed by atoms with van der Waals surface area (Å²) >= 11 is 1.52. The second-order valence-corrected chi connectivity index (χ2v) is 9.42. The average molecular weight is 463 g/mol. The molecule has 1 N–H and O–H groups in total. The largest absolute Gasteiger partial charge is 0.350 e. The number of nitrogens with zero attached hydrogens (tertiary/aromatic N) is 3. The summed E-state index contributed by atoms with van der Waals surface area (Å²) in [6.45, 7) is 4.31. The SMILES string of the molecule is Cc1ccc(CNC(=O)CN(Cc2cccs2)C(=O)[C@@]2(C)CC(=O)N=C3C=CC=CN32)cc1. The van der Waals surface area contributed by atoms with E-state index in [2.05, 4.69) is 10.3 Å². The van der Waals surface area contributed by atoms with E-state index in [9.17, 15) is 14.4 Å². The summed E-state index contributed by atoms with van der Waals surface area (Å²) in [5.41, 5.74) is 0.975. The summed E-state index contributed by atoms with van der Waals surface area (Å²) in [5, 5.41) is 4.84. The molecule has 0 saturated heterocycles. The number of carbonyl (C=O) groups excluding carboxylic acids is 3. The summed E-state index contributed by atoms with van der Waals surface area (Å²) in [6, 6.07) is 11.8. The molecule has 33 heavy (non-hydrogen) atoms. The number of rotatable bonds is 7. The number of allylic oxidation sites excluding steroid dienone is 2. The fourth-order valence-corrected chi connectivity index (χ4v) is 4.65. The molecule has 4 rings (SSSR count). The Morgan fingerprint density at radius 1 is 1.21 bits per heavy atom. The number of aryl methyl sites for hydroxylation is 1. The van der Waals surface area contributed by atoms with E-state index in [-0.39, 0.29) is 37.2 Å². The van der Waals surface area contributed by atoms with Crippen LogP contribution in [-0.4, -0.2) is 45.4 Å². The maximum absolute atomic E-state index is 13.8. The number of aliphatic imine (C=N–C) groups is 1. The van der Waals surface area contributed by atoms with E-state index in [1.54, 1.807) is 36.3 Å². The van der Waals surface area contributed by atoms with Gasteiger partial charge in [-0.25, -0.2) is 0 Å². The smallest absolute Gasteiger partial charge is 0.250 e. The van der Waals surface area contributed by atoms with E-state index in [1.165, 1.54) is 16.2 Å². The van der Waals surface area contributed by atoms with E-state index >= 15 is 0 Å². The van der Waals surface area contributed by atoms with Crippen LogP contribution in [0.4, 0.5) is 0 Å². The lowest BCUT2D eigenvalue weighted by Crippen LogP contribution is -2.61. The quantitative estimate of drug-likeness (QED) is 0.685. The van der Waals surface area contributed by atoms with Gasteiger partial charge in [-0.15, -0.1) is 11.3 Å². The number of nitrogens with one attached hydrogen (secondary N) is 1. The van der Waals surface area contributed by atoms with E-state index in [0.717, 1.165) is 16.0 Å². The molecule has 8 heteroatoms. The Balaban J connectivity index is 1.53. The van der Waals surface area contributed by atoms with Crippen molar-refractivity contribution in [2.45, 2.75) is 38.9 Å². The summed E-state index contributed by atoms with van der Waals surface area (Å²) in [4.78, 5) is 47.3. The zero-order valence-corrected chi connectivity index (χ0v) is 19.5. The number of fused-ring (bicyclic) bond motifs is 1. The van der Waals surface area contributed by atoms with Crippen molar-refractivity contribution in [3.63, 3.8) is 0 Å². The number of amides is 3. The zero-order valence-electron chi connectivity index (χ0n) is 18.7. The third-order valence-electron chi connectivity index (χ3n) is 5.72. The van der Waals surface area contributed by atoms with Gasteiger partial charge < -0.3 is 15.1 Å². The number of carbonyl (C=O) groups is 3. The minimum absolute atomic E-state index is 0.0561. The maximum atomic E-state index is 13.8. The first-order chi connectivity index (χ1) is 15.8. The van der Waals surface area contributed by atoms with Crippen LogP contribution in [-0.2, 0) is 27.5 Å². The lowest BCUT2D eigenvalue weighted by Gasteiger charge is -2.44. The highest BCUT2D eigenvalue weighted by Crippen LogP contribution is 2.30. The topological polar surface area (TPSA) is 82.1 Å². The van der Waals surface area contributed by atoms with Crippen LogP contribution in [0.25, 0.3) is 0 Å². The van der Waals surface area contributed by atoms with Crippen molar-refractivity contribution in [2.24, 2.45) is 4.99 Å². The van der Waals surface area contributed by atoms with Gasteiger partial charge in [-0.1, -0.05) is 42.0 Å². The molecule has 2 aromatic rings. The molecular formula is C25H26N4O3S. The lowest BCUT2D eigenvalue weighted by atomic mass is 9.90. The van der Waals surface area contributed by atoms with Crippen molar-refractivity contribution >= 4 is 34.9 Å². The molecular weight excluding hydrogens is 436 g/mol. The van der Waals surface area contributed by atoms with Crippen LogP contribution in [0.1, 0.15) is 29.3 Å². The van der Waals surface area contributed by atoms with Gasteiger partial charge in [0.2, 0.25) is 11.8 Å². The van der Waals surface area contributed by atoms with Crippen LogP contribution < -0.4 is 5.32 Å². The first-order valence-corrected chi connectivity index (χ1v) is 11.6. The van der Waals surface area contributed by atoms with Crippen LogP contribution in [0.15, 0.2) is 71.2 Å². The first kappa shape index (κ1) is 22.7. The Hall–Kier alpha value is -3.52. The number of amidine groups is 1. The highest BCUT2D eigenvalue weighted by molar-refractivity contribution is 7.09. The molecule has 7 nitrogen and oxygen atoms in total. The van der Waals surface area contributed by atoms with Crippen molar-refractivity contribution < 1.29 is 14.4 Å². The fraction of sp³-hybridized carbons (Fsp3) is 0.280. The monoisotopic (exact) mass is 462 g/mol. The van der Waals surface area contributed by atoms with Gasteiger partial charge in [0.05, 0.1) is 19.5 Å². The van der Waals surface area contributed by atoms with E-state index in [4.69, 9.17) is 0 Å². The van der Waals surface area contributed by atoms with Crippen molar-refractivity contribution in [3.05, 3.63) is 82.2 Å². The molecule has 2 aliphatic rings. The molecule has 170 valence electrons. The molecule has 0 radical (unpaired) electrons. The number of hydrogen-bond acceptors (Lipinski definition) is 5. The average Bonchev–Trinajstić information content (AvgIpc) is 3.31. The summed E-state index contributed by atoms with van der Waals surface area (Å²) in [6.07, 6.45) is 6.99. The number of hydrogen-bond donors (Lipinski definition) is 1. The van der Waals surface area contributed by atoms with Crippen molar-refractivity contribution in [1.82, 2.24) is 15.1 Å². The normalized spacial score (nSPS) is 19.2. The Labute approximate surface area is 197 Å². The second kappa shape index (κ2) is 9.54. The van der Waals surface area contributed by atoms with Crippen LogP contribution >= 0.6 is 11.3 Å².